The van der Waals surface area contributed by atoms with Crippen molar-refractivity contribution in [1.29, 1.82) is 0 Å². The minimum Gasteiger partial charge on any atom is -0.422 e. The van der Waals surface area contributed by atoms with Gasteiger partial charge in [0.25, 0.3) is 5.91 Å². The number of rotatable bonds is 3. The number of carbonyl (C=O) groups is 1. The summed E-state index contributed by atoms with van der Waals surface area (Å²) in [5, 5.41) is 3.14. The van der Waals surface area contributed by atoms with Gasteiger partial charge in [0.2, 0.25) is 3.79 Å². The maximum absolute atomic E-state index is 12.3. The summed E-state index contributed by atoms with van der Waals surface area (Å²) in [5.41, 5.74) is -0.507. The molecule has 0 spiro atoms. The molecule has 0 fully saturated rings. The number of nitrogens with one attached hydrogen (secondary N) is 1. The van der Waals surface area contributed by atoms with Crippen LogP contribution < -0.4 is 10.9 Å². The van der Waals surface area contributed by atoms with E-state index in [2.05, 4.69) is 5.32 Å². The summed E-state index contributed by atoms with van der Waals surface area (Å²) < 4.78 is 3.36. The average Bonchev–Trinajstić information content (AvgIpc) is 2.42. The minimum atomic E-state index is -1.75. The van der Waals surface area contributed by atoms with Crippen LogP contribution in [0.4, 0.5) is 0 Å². The highest BCUT2D eigenvalue weighted by Gasteiger charge is 2.36. The second-order valence-electron chi connectivity index (χ2n) is 4.87. The summed E-state index contributed by atoms with van der Waals surface area (Å²) in [7, 11) is 3.27. The normalized spacial score (nSPS) is 13.4. The number of carbonyl (C=O) groups excluding carboxylic acids is 1. The van der Waals surface area contributed by atoms with Crippen LogP contribution in [0.15, 0.2) is 39.5 Å². The van der Waals surface area contributed by atoms with Crippen LogP contribution in [0.1, 0.15) is 10.4 Å². The third kappa shape index (κ3) is 3.73. The molecule has 0 radical (unpaired) electrons. The van der Waals surface area contributed by atoms with Gasteiger partial charge in [0.1, 0.15) is 17.3 Å². The molecule has 2 aromatic rings. The van der Waals surface area contributed by atoms with E-state index in [0.717, 1.165) is 0 Å². The van der Waals surface area contributed by atoms with Crippen molar-refractivity contribution in [3.05, 3.63) is 46.3 Å². The van der Waals surface area contributed by atoms with Gasteiger partial charge in [-0.1, -0.05) is 53.0 Å². The second kappa shape index (κ2) is 6.46. The predicted octanol–water partition coefficient (Wildman–Crippen LogP) is 2.78. The number of para-hydroxylation sites is 1. The maximum Gasteiger partial charge on any atom is 0.349 e. The van der Waals surface area contributed by atoms with Gasteiger partial charge in [-0.3, -0.25) is 9.69 Å². The number of hydrogen-bond donors (Lipinski definition) is 1. The molecule has 118 valence electrons. The Morgan fingerprint density at radius 3 is 2.50 bits per heavy atom. The molecule has 2 rings (SSSR count). The van der Waals surface area contributed by atoms with E-state index in [1.165, 1.54) is 11.0 Å². The van der Waals surface area contributed by atoms with E-state index in [-0.39, 0.29) is 5.56 Å². The fraction of sp³-hybridized carbons (Fsp3) is 0.286. The van der Waals surface area contributed by atoms with Gasteiger partial charge in [-0.25, -0.2) is 4.79 Å². The van der Waals surface area contributed by atoms with Gasteiger partial charge in [-0.15, -0.1) is 0 Å². The van der Waals surface area contributed by atoms with Crippen molar-refractivity contribution in [3.63, 3.8) is 0 Å². The van der Waals surface area contributed by atoms with Crippen molar-refractivity contribution >= 4 is 51.7 Å². The Balaban J connectivity index is 2.37. The van der Waals surface area contributed by atoms with Crippen molar-refractivity contribution in [2.24, 2.45) is 0 Å². The van der Waals surface area contributed by atoms with E-state index in [9.17, 15) is 9.59 Å². The molecular formula is C14H13Cl3N2O3. The van der Waals surface area contributed by atoms with Gasteiger partial charge in [-0.05, 0) is 26.2 Å². The van der Waals surface area contributed by atoms with E-state index < -0.39 is 21.5 Å². The lowest BCUT2D eigenvalue weighted by atomic mass is 10.2. The van der Waals surface area contributed by atoms with Gasteiger partial charge in [0.05, 0.1) is 0 Å². The fourth-order valence-electron chi connectivity index (χ4n) is 1.93. The molecule has 1 N–H and O–H groups in total. The monoisotopic (exact) mass is 362 g/mol. The van der Waals surface area contributed by atoms with Crippen LogP contribution >= 0.6 is 34.8 Å². The van der Waals surface area contributed by atoms with E-state index in [1.807, 2.05) is 0 Å². The molecule has 0 aliphatic rings. The van der Waals surface area contributed by atoms with E-state index in [1.54, 1.807) is 38.4 Å². The molecule has 1 atom stereocenters. The SMILES string of the molecule is CN(C)C(NC(=O)c1cc2ccccc2oc1=O)C(Cl)(Cl)Cl. The number of amides is 1. The quantitative estimate of drug-likeness (QED) is 0.517. The predicted molar refractivity (Wildman–Crippen MR) is 87.7 cm³/mol. The maximum atomic E-state index is 12.3. The Kier molecular flexibility index (Phi) is 5.02. The van der Waals surface area contributed by atoms with Crippen molar-refractivity contribution in [3.8, 4) is 0 Å². The summed E-state index contributed by atoms with van der Waals surface area (Å²) in [6.45, 7) is 0. The highest BCUT2D eigenvalue weighted by atomic mass is 35.6. The molecule has 1 amide bonds. The lowest BCUT2D eigenvalue weighted by molar-refractivity contribution is 0.0888. The smallest absolute Gasteiger partial charge is 0.349 e. The molecule has 0 bridgehead atoms. The fourth-order valence-corrected chi connectivity index (χ4v) is 2.68. The van der Waals surface area contributed by atoms with Crippen LogP contribution in [-0.2, 0) is 0 Å². The van der Waals surface area contributed by atoms with Gasteiger partial charge in [0.15, 0.2) is 0 Å². The number of fused-ring (bicyclic) bond motifs is 1. The van der Waals surface area contributed by atoms with Crippen LogP contribution in [0.25, 0.3) is 11.0 Å². The molecule has 1 aromatic heterocycles. The van der Waals surface area contributed by atoms with Gasteiger partial charge >= 0.3 is 5.63 Å². The van der Waals surface area contributed by atoms with Crippen LogP contribution in [0, 0.1) is 0 Å². The summed E-state index contributed by atoms with van der Waals surface area (Å²) in [6, 6.07) is 8.32. The van der Waals surface area contributed by atoms with E-state index in [0.29, 0.717) is 11.0 Å². The number of hydrogen-bond acceptors (Lipinski definition) is 4. The lowest BCUT2D eigenvalue weighted by Gasteiger charge is -2.30. The van der Waals surface area contributed by atoms with Crippen molar-refractivity contribution in [2.75, 3.05) is 14.1 Å². The Morgan fingerprint density at radius 1 is 1.27 bits per heavy atom. The third-order valence-corrected chi connectivity index (χ3v) is 3.60. The van der Waals surface area contributed by atoms with Crippen molar-refractivity contribution in [1.82, 2.24) is 10.2 Å². The minimum absolute atomic E-state index is 0.153. The summed E-state index contributed by atoms with van der Waals surface area (Å²) in [5.74, 6) is -0.676. The van der Waals surface area contributed by atoms with E-state index in [4.69, 9.17) is 39.2 Å². The molecule has 22 heavy (non-hydrogen) atoms. The van der Waals surface area contributed by atoms with Gasteiger partial charge < -0.3 is 9.73 Å². The zero-order chi connectivity index (χ0) is 16.5. The van der Waals surface area contributed by atoms with Gasteiger partial charge in [-0.2, -0.15) is 0 Å². The summed E-state index contributed by atoms with van der Waals surface area (Å²) in [6.07, 6.45) is -0.907. The van der Waals surface area contributed by atoms with Crippen LogP contribution in [0.5, 0.6) is 0 Å². The molecule has 0 saturated heterocycles. The van der Waals surface area contributed by atoms with Crippen molar-refractivity contribution in [2.45, 2.75) is 9.96 Å². The molecule has 1 aromatic carbocycles. The topological polar surface area (TPSA) is 62.6 Å². The van der Waals surface area contributed by atoms with E-state index >= 15 is 0 Å². The first-order valence-electron chi connectivity index (χ1n) is 6.27. The number of halogens is 3. The summed E-state index contributed by atoms with van der Waals surface area (Å²) >= 11 is 17.5. The highest BCUT2D eigenvalue weighted by Crippen LogP contribution is 2.31. The molecule has 1 heterocycles. The molecule has 1 unspecified atom stereocenters. The van der Waals surface area contributed by atoms with Crippen molar-refractivity contribution < 1.29 is 9.21 Å². The number of nitrogens with zero attached hydrogens (tertiary/aromatic N) is 1. The average molecular weight is 364 g/mol. The number of benzene rings is 1. The standard InChI is InChI=1S/C14H13Cl3N2O3/c1-19(2)13(14(15,16)17)18-11(20)9-7-8-5-3-4-6-10(8)22-12(9)21/h3-7,13H,1-2H3,(H,18,20). The lowest BCUT2D eigenvalue weighted by Crippen LogP contribution is -2.53. The highest BCUT2D eigenvalue weighted by molar-refractivity contribution is 6.68. The first-order valence-corrected chi connectivity index (χ1v) is 7.40. The Hall–Kier alpha value is -1.27. The zero-order valence-corrected chi connectivity index (χ0v) is 14.0. The Labute approximate surface area is 141 Å². The van der Waals surface area contributed by atoms with Crippen LogP contribution in [-0.4, -0.2) is 34.9 Å². The van der Waals surface area contributed by atoms with Crippen LogP contribution in [0.2, 0.25) is 0 Å². The zero-order valence-electron chi connectivity index (χ0n) is 11.8. The first kappa shape index (κ1) is 17.1. The Morgan fingerprint density at radius 2 is 1.91 bits per heavy atom. The van der Waals surface area contributed by atoms with Gasteiger partial charge in [0, 0.05) is 5.39 Å². The molecule has 0 aliphatic carbocycles. The molecular weight excluding hydrogens is 351 g/mol. The summed E-state index contributed by atoms with van der Waals surface area (Å²) in [4.78, 5) is 25.8. The largest absolute Gasteiger partial charge is 0.422 e. The third-order valence-electron chi connectivity index (χ3n) is 2.98. The molecule has 8 heteroatoms. The molecule has 0 saturated carbocycles. The molecule has 5 nitrogen and oxygen atoms in total. The van der Waals surface area contributed by atoms with Crippen LogP contribution in [0.3, 0.4) is 0 Å². The first-order chi connectivity index (χ1) is 10.2. The second-order valence-corrected chi connectivity index (χ2v) is 7.24. The Bertz CT molecular complexity index is 753. The molecule has 0 aliphatic heterocycles. The number of alkyl halides is 3.